The Morgan fingerprint density at radius 1 is 1.03 bits per heavy atom. The molecule has 164 valence electrons. The van der Waals surface area contributed by atoms with Crippen LogP contribution in [-0.2, 0) is 27.6 Å². The molecule has 0 aliphatic carbocycles. The van der Waals surface area contributed by atoms with E-state index in [0.717, 1.165) is 34.6 Å². The van der Waals surface area contributed by atoms with Gasteiger partial charge in [-0.2, -0.15) is 5.10 Å². The number of nitrogens with zero attached hydrogens (tertiary/aromatic N) is 2. The first-order chi connectivity index (χ1) is 14.7. The minimum Gasteiger partial charge on any atom is -0.448 e. The van der Waals surface area contributed by atoms with Gasteiger partial charge in [-0.15, -0.1) is 0 Å². The third-order valence-electron chi connectivity index (χ3n) is 5.15. The van der Waals surface area contributed by atoms with Crippen LogP contribution in [0.3, 0.4) is 0 Å². The molecule has 0 radical (unpaired) electrons. The van der Waals surface area contributed by atoms with Gasteiger partial charge in [0.2, 0.25) is 0 Å². The minimum atomic E-state index is -3.95. The van der Waals surface area contributed by atoms with Crippen molar-refractivity contribution in [2.45, 2.75) is 45.4 Å². The molecule has 1 aromatic heterocycles. The van der Waals surface area contributed by atoms with Crippen molar-refractivity contribution >= 4 is 16.1 Å². The van der Waals surface area contributed by atoms with Crippen LogP contribution in [0.25, 0.3) is 5.69 Å². The molecule has 1 heterocycles. The summed E-state index contributed by atoms with van der Waals surface area (Å²) in [6.07, 6.45) is 0.414. The van der Waals surface area contributed by atoms with E-state index in [2.05, 4.69) is 18.9 Å². The fourth-order valence-corrected chi connectivity index (χ4v) is 4.31. The lowest BCUT2D eigenvalue weighted by atomic mass is 10.1. The molecule has 0 fully saturated rings. The van der Waals surface area contributed by atoms with Crippen molar-refractivity contribution in [2.24, 2.45) is 0 Å². The second kappa shape index (κ2) is 9.34. The smallest absolute Gasteiger partial charge is 0.421 e. The Morgan fingerprint density at radius 3 is 2.26 bits per heavy atom. The van der Waals surface area contributed by atoms with Crippen molar-refractivity contribution in [1.29, 1.82) is 0 Å². The number of aromatic nitrogens is 2. The van der Waals surface area contributed by atoms with Gasteiger partial charge in [0.05, 0.1) is 22.9 Å². The van der Waals surface area contributed by atoms with Crippen LogP contribution >= 0.6 is 0 Å². The molecule has 1 N–H and O–H groups in total. The Balaban J connectivity index is 1.55. The lowest BCUT2D eigenvalue weighted by Crippen LogP contribution is -2.31. The van der Waals surface area contributed by atoms with Gasteiger partial charge in [-0.05, 0) is 62.6 Å². The van der Waals surface area contributed by atoms with Gasteiger partial charge in [0.15, 0.2) is 0 Å². The average Bonchev–Trinajstić information content (AvgIpc) is 3.01. The summed E-state index contributed by atoms with van der Waals surface area (Å²) < 4.78 is 33.3. The van der Waals surface area contributed by atoms with E-state index in [1.54, 1.807) is 12.1 Å². The number of ether oxygens (including phenoxy) is 1. The molecule has 31 heavy (non-hydrogen) atoms. The Kier molecular flexibility index (Phi) is 6.80. The van der Waals surface area contributed by atoms with Crippen molar-refractivity contribution < 1.29 is 17.9 Å². The van der Waals surface area contributed by atoms with E-state index in [9.17, 15) is 13.2 Å². The SMILES string of the molecule is CCc1c(C)nn(-c2ccc(CCOC(=O)NS(=O)(=O)c3ccc(C)cc3)cc2)c1C. The van der Waals surface area contributed by atoms with Gasteiger partial charge in [0.1, 0.15) is 0 Å². The van der Waals surface area contributed by atoms with Crippen LogP contribution in [-0.4, -0.2) is 30.9 Å². The van der Waals surface area contributed by atoms with Crippen LogP contribution in [0.4, 0.5) is 4.79 Å². The third kappa shape index (κ3) is 5.32. The highest BCUT2D eigenvalue weighted by atomic mass is 32.2. The molecule has 7 nitrogen and oxygen atoms in total. The fraction of sp³-hybridized carbons (Fsp3) is 0.304. The highest BCUT2D eigenvalue weighted by Gasteiger charge is 2.18. The summed E-state index contributed by atoms with van der Waals surface area (Å²) >= 11 is 0. The van der Waals surface area contributed by atoms with Crippen molar-refractivity contribution in [3.8, 4) is 5.69 Å². The van der Waals surface area contributed by atoms with Crippen LogP contribution < -0.4 is 4.72 Å². The van der Waals surface area contributed by atoms with Crippen molar-refractivity contribution in [2.75, 3.05) is 6.61 Å². The summed E-state index contributed by atoms with van der Waals surface area (Å²) in [4.78, 5) is 11.9. The number of sulfonamides is 1. The van der Waals surface area contributed by atoms with Gasteiger partial charge in [0.25, 0.3) is 10.0 Å². The summed E-state index contributed by atoms with van der Waals surface area (Å²) in [5.41, 5.74) is 6.27. The van der Waals surface area contributed by atoms with E-state index in [1.165, 1.54) is 17.7 Å². The number of hydrogen-bond donors (Lipinski definition) is 1. The first kappa shape index (κ1) is 22.6. The van der Waals surface area contributed by atoms with E-state index in [1.807, 2.05) is 47.5 Å². The summed E-state index contributed by atoms with van der Waals surface area (Å²) in [7, 11) is -3.95. The molecule has 0 unspecified atom stereocenters. The molecule has 2 aromatic carbocycles. The van der Waals surface area contributed by atoms with Gasteiger partial charge in [-0.1, -0.05) is 36.8 Å². The van der Waals surface area contributed by atoms with E-state index in [4.69, 9.17) is 4.74 Å². The van der Waals surface area contributed by atoms with Crippen molar-refractivity contribution in [3.63, 3.8) is 0 Å². The molecule has 0 spiro atoms. The van der Waals surface area contributed by atoms with Gasteiger partial charge >= 0.3 is 6.09 Å². The number of carbonyl (C=O) groups excluding carboxylic acids is 1. The number of benzene rings is 2. The second-order valence-electron chi connectivity index (χ2n) is 7.39. The number of hydrogen-bond acceptors (Lipinski definition) is 5. The predicted molar refractivity (Wildman–Crippen MR) is 119 cm³/mol. The van der Waals surface area contributed by atoms with E-state index >= 15 is 0 Å². The lowest BCUT2D eigenvalue weighted by Gasteiger charge is -2.09. The molecule has 0 atom stereocenters. The van der Waals surface area contributed by atoms with Crippen LogP contribution in [0.15, 0.2) is 53.4 Å². The van der Waals surface area contributed by atoms with E-state index < -0.39 is 16.1 Å². The number of nitrogens with one attached hydrogen (secondary N) is 1. The zero-order valence-electron chi connectivity index (χ0n) is 18.2. The maximum absolute atomic E-state index is 12.2. The molecule has 0 aliphatic rings. The minimum absolute atomic E-state index is 0.0148. The highest BCUT2D eigenvalue weighted by molar-refractivity contribution is 7.90. The summed E-state index contributed by atoms with van der Waals surface area (Å²) in [5.74, 6) is 0. The molecule has 8 heteroatoms. The Bertz CT molecular complexity index is 1160. The fourth-order valence-electron chi connectivity index (χ4n) is 3.42. The largest absolute Gasteiger partial charge is 0.448 e. The number of carbonyl (C=O) groups is 1. The highest BCUT2D eigenvalue weighted by Crippen LogP contribution is 2.19. The van der Waals surface area contributed by atoms with Crippen LogP contribution in [0.2, 0.25) is 0 Å². The van der Waals surface area contributed by atoms with Gasteiger partial charge in [0, 0.05) is 12.1 Å². The number of rotatable bonds is 7. The van der Waals surface area contributed by atoms with Crippen molar-refractivity contribution in [3.05, 3.63) is 76.6 Å². The van der Waals surface area contributed by atoms with Gasteiger partial charge in [-0.3, -0.25) is 0 Å². The predicted octanol–water partition coefficient (Wildman–Crippen LogP) is 4.02. The van der Waals surface area contributed by atoms with E-state index in [-0.39, 0.29) is 11.5 Å². The zero-order chi connectivity index (χ0) is 22.6. The molecular formula is C23H27N3O4S. The lowest BCUT2D eigenvalue weighted by molar-refractivity contribution is 0.154. The molecule has 3 aromatic rings. The average molecular weight is 442 g/mol. The first-order valence-corrected chi connectivity index (χ1v) is 11.6. The van der Waals surface area contributed by atoms with Crippen molar-refractivity contribution in [1.82, 2.24) is 14.5 Å². The van der Waals surface area contributed by atoms with Gasteiger partial charge < -0.3 is 4.74 Å². The molecule has 3 rings (SSSR count). The third-order valence-corrected chi connectivity index (χ3v) is 6.48. The summed E-state index contributed by atoms with van der Waals surface area (Å²) in [6, 6.07) is 14.0. The summed E-state index contributed by atoms with van der Waals surface area (Å²) in [5, 5.41) is 4.61. The monoisotopic (exact) mass is 441 g/mol. The quantitative estimate of drug-likeness (QED) is 0.598. The number of aryl methyl sites for hydroxylation is 2. The number of amides is 1. The topological polar surface area (TPSA) is 90.3 Å². The molecule has 0 saturated heterocycles. The Labute approximate surface area is 183 Å². The Hall–Kier alpha value is -3.13. The normalized spacial score (nSPS) is 11.4. The molecular weight excluding hydrogens is 414 g/mol. The molecule has 0 saturated carbocycles. The van der Waals surface area contributed by atoms with E-state index in [0.29, 0.717) is 6.42 Å². The first-order valence-electron chi connectivity index (χ1n) is 10.1. The zero-order valence-corrected chi connectivity index (χ0v) is 19.0. The Morgan fingerprint density at radius 2 is 1.68 bits per heavy atom. The molecule has 0 bridgehead atoms. The van der Waals surface area contributed by atoms with Crippen LogP contribution in [0.1, 0.15) is 35.0 Å². The molecule has 0 aliphatic heterocycles. The maximum Gasteiger partial charge on any atom is 0.421 e. The van der Waals surface area contributed by atoms with Crippen LogP contribution in [0, 0.1) is 20.8 Å². The van der Waals surface area contributed by atoms with Gasteiger partial charge in [-0.25, -0.2) is 22.6 Å². The molecule has 1 amide bonds. The second-order valence-corrected chi connectivity index (χ2v) is 9.07. The summed E-state index contributed by atoms with van der Waals surface area (Å²) in [6.45, 7) is 8.10. The standard InChI is InChI=1S/C23H27N3O4S/c1-5-22-17(3)24-26(18(22)4)20-10-8-19(9-11-20)14-15-30-23(27)25-31(28,29)21-12-6-16(2)7-13-21/h6-13H,5,14-15H2,1-4H3,(H,25,27). The maximum atomic E-state index is 12.2. The van der Waals surface area contributed by atoms with Crippen LogP contribution in [0.5, 0.6) is 0 Å².